The fraction of sp³-hybridized carbons (Fsp3) is 0.0909. The SMILES string of the molecule is O=C(O)c1ccc(CSc2csc(C(=O)O)c2)o1. The molecule has 2 N–H and O–H groups in total. The van der Waals surface area contributed by atoms with Crippen LogP contribution in [0, 0.1) is 0 Å². The molecule has 0 amide bonds. The third-order valence-electron chi connectivity index (χ3n) is 2.04. The Kier molecular flexibility index (Phi) is 3.73. The minimum absolute atomic E-state index is 0.0952. The van der Waals surface area contributed by atoms with E-state index in [4.69, 9.17) is 14.6 Å². The van der Waals surface area contributed by atoms with Crippen LogP contribution in [0.15, 0.2) is 32.9 Å². The molecule has 7 heteroatoms. The van der Waals surface area contributed by atoms with Gasteiger partial charge in [-0.05, 0) is 18.2 Å². The van der Waals surface area contributed by atoms with Crippen LogP contribution in [-0.4, -0.2) is 22.2 Å². The Morgan fingerprint density at radius 2 is 2.06 bits per heavy atom. The van der Waals surface area contributed by atoms with Gasteiger partial charge in [-0.25, -0.2) is 9.59 Å². The van der Waals surface area contributed by atoms with Gasteiger partial charge in [-0.15, -0.1) is 23.1 Å². The van der Waals surface area contributed by atoms with E-state index in [-0.39, 0.29) is 10.6 Å². The Labute approximate surface area is 110 Å². The summed E-state index contributed by atoms with van der Waals surface area (Å²) in [6, 6.07) is 4.58. The Balaban J connectivity index is 1.97. The molecule has 5 nitrogen and oxygen atoms in total. The number of thiophene rings is 1. The third-order valence-corrected chi connectivity index (χ3v) is 4.10. The van der Waals surface area contributed by atoms with Gasteiger partial charge in [0.25, 0.3) is 0 Å². The van der Waals surface area contributed by atoms with Gasteiger partial charge >= 0.3 is 11.9 Å². The molecule has 0 aliphatic rings. The van der Waals surface area contributed by atoms with Gasteiger partial charge in [0, 0.05) is 10.3 Å². The first-order valence-corrected chi connectivity index (χ1v) is 6.69. The molecule has 0 aromatic carbocycles. The van der Waals surface area contributed by atoms with E-state index in [1.165, 1.54) is 17.8 Å². The maximum Gasteiger partial charge on any atom is 0.371 e. The van der Waals surface area contributed by atoms with E-state index in [9.17, 15) is 9.59 Å². The predicted octanol–water partition coefficient (Wildman–Crippen LogP) is 3.03. The van der Waals surface area contributed by atoms with Gasteiger partial charge in [0.05, 0.1) is 5.75 Å². The minimum Gasteiger partial charge on any atom is -0.477 e. The summed E-state index contributed by atoms with van der Waals surface area (Å²) in [5.41, 5.74) is 0. The zero-order chi connectivity index (χ0) is 13.1. The molecule has 0 aliphatic heterocycles. The van der Waals surface area contributed by atoms with Crippen LogP contribution in [0.25, 0.3) is 0 Å². The lowest BCUT2D eigenvalue weighted by Gasteiger charge is -1.94. The van der Waals surface area contributed by atoms with E-state index in [0.29, 0.717) is 11.5 Å². The van der Waals surface area contributed by atoms with Crippen LogP contribution >= 0.6 is 23.1 Å². The van der Waals surface area contributed by atoms with Crippen molar-refractivity contribution in [3.63, 3.8) is 0 Å². The normalized spacial score (nSPS) is 10.4. The van der Waals surface area contributed by atoms with E-state index in [1.807, 2.05) is 0 Å². The summed E-state index contributed by atoms with van der Waals surface area (Å²) in [6.07, 6.45) is 0. The van der Waals surface area contributed by atoms with E-state index in [1.54, 1.807) is 17.5 Å². The Bertz CT molecular complexity index is 532. The molecular weight excluding hydrogens is 276 g/mol. The van der Waals surface area contributed by atoms with Gasteiger partial charge in [-0.1, -0.05) is 0 Å². The molecule has 2 aromatic rings. The zero-order valence-electron chi connectivity index (χ0n) is 8.95. The van der Waals surface area contributed by atoms with Gasteiger partial charge in [0.1, 0.15) is 10.6 Å². The molecule has 0 atom stereocenters. The van der Waals surface area contributed by atoms with Gasteiger partial charge < -0.3 is 14.6 Å². The number of carboxylic acids is 2. The van der Waals surface area contributed by atoms with Crippen LogP contribution in [0.3, 0.4) is 0 Å². The number of carbonyl (C=O) groups is 2. The highest BCUT2D eigenvalue weighted by atomic mass is 32.2. The highest BCUT2D eigenvalue weighted by Gasteiger charge is 2.10. The van der Waals surface area contributed by atoms with Crippen molar-refractivity contribution in [3.8, 4) is 0 Å². The first-order valence-electron chi connectivity index (χ1n) is 4.83. The summed E-state index contributed by atoms with van der Waals surface area (Å²) in [4.78, 5) is 22.4. The summed E-state index contributed by atoms with van der Waals surface area (Å²) in [7, 11) is 0. The number of furan rings is 1. The average Bonchev–Trinajstić information content (AvgIpc) is 2.95. The number of aromatic carboxylic acids is 2. The Morgan fingerprint density at radius 1 is 1.28 bits per heavy atom. The second-order valence-corrected chi connectivity index (χ2v) is 5.27. The highest BCUT2D eigenvalue weighted by Crippen LogP contribution is 2.28. The monoisotopic (exact) mass is 284 g/mol. The number of hydrogen-bond donors (Lipinski definition) is 2. The molecule has 0 radical (unpaired) electrons. The van der Waals surface area contributed by atoms with Gasteiger partial charge in [-0.2, -0.15) is 0 Å². The lowest BCUT2D eigenvalue weighted by molar-refractivity contribution is 0.0658. The summed E-state index contributed by atoms with van der Waals surface area (Å²) >= 11 is 2.55. The van der Waals surface area contributed by atoms with Gasteiger partial charge in [0.15, 0.2) is 0 Å². The van der Waals surface area contributed by atoms with E-state index in [0.717, 1.165) is 16.2 Å². The quantitative estimate of drug-likeness (QED) is 0.820. The summed E-state index contributed by atoms with van der Waals surface area (Å²) in [6.45, 7) is 0. The van der Waals surface area contributed by atoms with Crippen molar-refractivity contribution in [2.24, 2.45) is 0 Å². The van der Waals surface area contributed by atoms with Crippen molar-refractivity contribution in [1.29, 1.82) is 0 Å². The third kappa shape index (κ3) is 2.93. The molecule has 0 saturated heterocycles. The van der Waals surface area contributed by atoms with Crippen molar-refractivity contribution >= 4 is 35.0 Å². The molecular formula is C11H8O5S2. The maximum atomic E-state index is 10.7. The van der Waals surface area contributed by atoms with E-state index >= 15 is 0 Å². The molecule has 94 valence electrons. The maximum absolute atomic E-state index is 10.7. The van der Waals surface area contributed by atoms with Crippen molar-refractivity contribution in [2.45, 2.75) is 10.6 Å². The fourth-order valence-corrected chi connectivity index (χ4v) is 2.99. The second-order valence-electron chi connectivity index (χ2n) is 3.31. The second kappa shape index (κ2) is 5.28. The number of thioether (sulfide) groups is 1. The molecule has 0 saturated carbocycles. The van der Waals surface area contributed by atoms with Crippen molar-refractivity contribution in [3.05, 3.63) is 40.0 Å². The van der Waals surface area contributed by atoms with Crippen LogP contribution < -0.4 is 0 Å². The summed E-state index contributed by atoms with van der Waals surface area (Å²) in [5.74, 6) is -1.14. The smallest absolute Gasteiger partial charge is 0.371 e. The molecule has 2 rings (SSSR count). The molecule has 0 unspecified atom stereocenters. The number of carboxylic acid groups (broad SMARTS) is 2. The lowest BCUT2D eigenvalue weighted by atomic mass is 10.4. The van der Waals surface area contributed by atoms with Gasteiger partial charge in [0.2, 0.25) is 5.76 Å². The first-order chi connectivity index (χ1) is 8.56. The van der Waals surface area contributed by atoms with Crippen LogP contribution in [0.5, 0.6) is 0 Å². The standard InChI is InChI=1S/C11H8O5S2/c12-10(13)8-2-1-6(16-8)4-17-7-3-9(11(14)15)18-5-7/h1-3,5H,4H2,(H,12,13)(H,14,15). The molecule has 2 aromatic heterocycles. The highest BCUT2D eigenvalue weighted by molar-refractivity contribution is 7.98. The minimum atomic E-state index is -1.10. The first kappa shape index (κ1) is 12.7. The van der Waals surface area contributed by atoms with Crippen molar-refractivity contribution in [2.75, 3.05) is 0 Å². The number of rotatable bonds is 5. The Hall–Kier alpha value is -1.73. The zero-order valence-corrected chi connectivity index (χ0v) is 10.6. The Morgan fingerprint density at radius 3 is 2.61 bits per heavy atom. The van der Waals surface area contributed by atoms with Crippen LogP contribution in [0.4, 0.5) is 0 Å². The molecule has 0 spiro atoms. The summed E-state index contributed by atoms with van der Waals surface area (Å²) in [5, 5.41) is 19.2. The summed E-state index contributed by atoms with van der Waals surface area (Å²) < 4.78 is 5.09. The topological polar surface area (TPSA) is 87.7 Å². The average molecular weight is 284 g/mol. The van der Waals surface area contributed by atoms with Crippen molar-refractivity contribution < 1.29 is 24.2 Å². The van der Waals surface area contributed by atoms with E-state index in [2.05, 4.69) is 0 Å². The van der Waals surface area contributed by atoms with Crippen LogP contribution in [0.1, 0.15) is 26.0 Å². The molecule has 2 heterocycles. The number of hydrogen-bond acceptors (Lipinski definition) is 5. The molecule has 0 bridgehead atoms. The molecule has 0 aliphatic carbocycles. The van der Waals surface area contributed by atoms with Gasteiger partial charge in [-0.3, -0.25) is 0 Å². The molecule has 18 heavy (non-hydrogen) atoms. The fourth-order valence-electron chi connectivity index (χ4n) is 1.23. The van der Waals surface area contributed by atoms with Crippen LogP contribution in [-0.2, 0) is 5.75 Å². The lowest BCUT2D eigenvalue weighted by Crippen LogP contribution is -1.91. The largest absolute Gasteiger partial charge is 0.477 e. The molecule has 0 fully saturated rings. The van der Waals surface area contributed by atoms with Crippen LogP contribution in [0.2, 0.25) is 0 Å². The van der Waals surface area contributed by atoms with Crippen molar-refractivity contribution in [1.82, 2.24) is 0 Å². The van der Waals surface area contributed by atoms with E-state index < -0.39 is 11.9 Å². The predicted molar refractivity (Wildman–Crippen MR) is 66.5 cm³/mol.